The van der Waals surface area contributed by atoms with E-state index >= 15 is 0 Å². The molecule has 2 nitrogen and oxygen atoms in total. The predicted molar refractivity (Wildman–Crippen MR) is 66.0 cm³/mol. The summed E-state index contributed by atoms with van der Waals surface area (Å²) in [5, 5.41) is 9.50. The summed E-state index contributed by atoms with van der Waals surface area (Å²) in [5.74, 6) is -0.277. The summed E-state index contributed by atoms with van der Waals surface area (Å²) in [6.07, 6.45) is -0.406. The second-order valence-electron chi connectivity index (χ2n) is 4.03. The first kappa shape index (κ1) is 13.5. The van der Waals surface area contributed by atoms with Gasteiger partial charge in [0.25, 0.3) is 0 Å². The molecule has 1 aromatic carbocycles. The fraction of sp³-hybridized carbons (Fsp3) is 0.500. The van der Waals surface area contributed by atoms with E-state index in [2.05, 4.69) is 0 Å². The van der Waals surface area contributed by atoms with Crippen molar-refractivity contribution in [2.75, 3.05) is 0 Å². The molecule has 1 rings (SSSR count). The average Bonchev–Trinajstić information content (AvgIpc) is 2.20. The SMILES string of the molecule is CC(O)C(C)Sc1ccc(F)cc1[C@@H](C)N. The highest BCUT2D eigenvalue weighted by Gasteiger charge is 2.15. The van der Waals surface area contributed by atoms with Gasteiger partial charge in [-0.15, -0.1) is 11.8 Å². The molecule has 0 spiro atoms. The Labute approximate surface area is 100 Å². The summed E-state index contributed by atoms with van der Waals surface area (Å²) in [5.41, 5.74) is 6.58. The summed E-state index contributed by atoms with van der Waals surface area (Å²) in [7, 11) is 0. The minimum atomic E-state index is -0.406. The fourth-order valence-corrected chi connectivity index (χ4v) is 2.41. The van der Waals surface area contributed by atoms with Gasteiger partial charge in [-0.05, 0) is 37.6 Å². The molecule has 2 unspecified atom stereocenters. The fourth-order valence-electron chi connectivity index (χ4n) is 1.28. The van der Waals surface area contributed by atoms with Gasteiger partial charge in [-0.2, -0.15) is 0 Å². The lowest BCUT2D eigenvalue weighted by Crippen LogP contribution is -2.16. The first-order valence-electron chi connectivity index (χ1n) is 5.31. The molecule has 4 heteroatoms. The molecule has 90 valence electrons. The van der Waals surface area contributed by atoms with E-state index in [0.29, 0.717) is 0 Å². The predicted octanol–water partition coefficient (Wildman–Crippen LogP) is 2.71. The van der Waals surface area contributed by atoms with Crippen LogP contribution in [-0.2, 0) is 0 Å². The van der Waals surface area contributed by atoms with Crippen LogP contribution >= 0.6 is 11.8 Å². The minimum absolute atomic E-state index is 0.0583. The molecule has 0 heterocycles. The monoisotopic (exact) mass is 243 g/mol. The van der Waals surface area contributed by atoms with E-state index < -0.39 is 6.10 Å². The van der Waals surface area contributed by atoms with Gasteiger partial charge in [0, 0.05) is 16.2 Å². The summed E-state index contributed by atoms with van der Waals surface area (Å²) in [6, 6.07) is 4.39. The van der Waals surface area contributed by atoms with E-state index in [1.807, 2.05) is 13.8 Å². The van der Waals surface area contributed by atoms with Gasteiger partial charge in [-0.3, -0.25) is 0 Å². The Morgan fingerprint density at radius 1 is 1.31 bits per heavy atom. The third kappa shape index (κ3) is 3.47. The number of halogens is 1. The van der Waals surface area contributed by atoms with Crippen molar-refractivity contribution < 1.29 is 9.50 Å². The molecular formula is C12H18FNOS. The first-order chi connectivity index (χ1) is 7.41. The van der Waals surface area contributed by atoms with E-state index in [4.69, 9.17) is 5.73 Å². The van der Waals surface area contributed by atoms with Crippen LogP contribution in [0.5, 0.6) is 0 Å². The molecule has 0 radical (unpaired) electrons. The van der Waals surface area contributed by atoms with Gasteiger partial charge in [-0.25, -0.2) is 4.39 Å². The number of aliphatic hydroxyl groups is 1. The Hall–Kier alpha value is -0.580. The van der Waals surface area contributed by atoms with E-state index in [-0.39, 0.29) is 17.1 Å². The Morgan fingerprint density at radius 2 is 1.94 bits per heavy atom. The van der Waals surface area contributed by atoms with Crippen LogP contribution in [0.25, 0.3) is 0 Å². The van der Waals surface area contributed by atoms with Gasteiger partial charge < -0.3 is 10.8 Å². The highest BCUT2D eigenvalue weighted by Crippen LogP contribution is 2.31. The van der Waals surface area contributed by atoms with Gasteiger partial charge in [0.2, 0.25) is 0 Å². The molecule has 3 N–H and O–H groups in total. The van der Waals surface area contributed by atoms with E-state index in [9.17, 15) is 9.50 Å². The lowest BCUT2D eigenvalue weighted by Gasteiger charge is -2.18. The van der Waals surface area contributed by atoms with Crippen LogP contribution in [-0.4, -0.2) is 16.5 Å². The number of aliphatic hydroxyl groups excluding tert-OH is 1. The maximum absolute atomic E-state index is 13.1. The van der Waals surface area contributed by atoms with Crippen LogP contribution in [0.3, 0.4) is 0 Å². The molecular weight excluding hydrogens is 225 g/mol. The maximum atomic E-state index is 13.1. The Kier molecular flexibility index (Phi) is 4.77. The molecule has 16 heavy (non-hydrogen) atoms. The van der Waals surface area contributed by atoms with Crippen molar-refractivity contribution in [1.82, 2.24) is 0 Å². The van der Waals surface area contributed by atoms with E-state index in [1.54, 1.807) is 13.0 Å². The lowest BCUT2D eigenvalue weighted by atomic mass is 10.1. The molecule has 0 saturated heterocycles. The zero-order chi connectivity index (χ0) is 12.3. The number of rotatable bonds is 4. The molecule has 0 aliphatic rings. The normalized spacial score (nSPS) is 16.9. The van der Waals surface area contributed by atoms with Crippen LogP contribution < -0.4 is 5.73 Å². The maximum Gasteiger partial charge on any atom is 0.123 e. The zero-order valence-electron chi connectivity index (χ0n) is 9.77. The molecule has 0 saturated carbocycles. The van der Waals surface area contributed by atoms with Crippen LogP contribution in [0.15, 0.2) is 23.1 Å². The van der Waals surface area contributed by atoms with Gasteiger partial charge in [0.15, 0.2) is 0 Å². The first-order valence-corrected chi connectivity index (χ1v) is 6.19. The highest BCUT2D eigenvalue weighted by atomic mass is 32.2. The summed E-state index contributed by atoms with van der Waals surface area (Å²) < 4.78 is 13.1. The van der Waals surface area contributed by atoms with Crippen LogP contribution in [0.1, 0.15) is 32.4 Å². The Balaban J connectivity index is 2.95. The number of thioether (sulfide) groups is 1. The summed E-state index contributed by atoms with van der Waals surface area (Å²) in [6.45, 7) is 5.50. The summed E-state index contributed by atoms with van der Waals surface area (Å²) >= 11 is 1.52. The number of benzene rings is 1. The van der Waals surface area contributed by atoms with Crippen molar-refractivity contribution in [2.45, 2.75) is 43.1 Å². The Morgan fingerprint density at radius 3 is 2.44 bits per heavy atom. The molecule has 0 amide bonds. The minimum Gasteiger partial charge on any atom is -0.392 e. The van der Waals surface area contributed by atoms with Crippen molar-refractivity contribution >= 4 is 11.8 Å². The molecule has 1 aromatic rings. The van der Waals surface area contributed by atoms with E-state index in [0.717, 1.165) is 10.5 Å². The van der Waals surface area contributed by atoms with Crippen LogP contribution in [0.4, 0.5) is 4.39 Å². The third-order valence-electron chi connectivity index (χ3n) is 2.45. The Bertz CT molecular complexity index is 355. The molecule has 0 aliphatic heterocycles. The van der Waals surface area contributed by atoms with Crippen molar-refractivity contribution in [3.05, 3.63) is 29.6 Å². The van der Waals surface area contributed by atoms with Crippen molar-refractivity contribution in [3.63, 3.8) is 0 Å². The van der Waals surface area contributed by atoms with Gasteiger partial charge >= 0.3 is 0 Å². The lowest BCUT2D eigenvalue weighted by molar-refractivity contribution is 0.196. The van der Waals surface area contributed by atoms with Crippen molar-refractivity contribution in [3.8, 4) is 0 Å². The average molecular weight is 243 g/mol. The second-order valence-corrected chi connectivity index (χ2v) is 5.45. The molecule has 0 bridgehead atoms. The number of nitrogens with two attached hydrogens (primary N) is 1. The molecule has 0 aromatic heterocycles. The highest BCUT2D eigenvalue weighted by molar-refractivity contribution is 8.00. The summed E-state index contributed by atoms with van der Waals surface area (Å²) in [4.78, 5) is 0.935. The number of hydrogen-bond acceptors (Lipinski definition) is 3. The van der Waals surface area contributed by atoms with Crippen LogP contribution in [0, 0.1) is 5.82 Å². The van der Waals surface area contributed by atoms with Crippen LogP contribution in [0.2, 0.25) is 0 Å². The van der Waals surface area contributed by atoms with Gasteiger partial charge in [0.05, 0.1) is 6.10 Å². The quantitative estimate of drug-likeness (QED) is 0.799. The largest absolute Gasteiger partial charge is 0.392 e. The molecule has 3 atom stereocenters. The topological polar surface area (TPSA) is 46.2 Å². The molecule has 0 aliphatic carbocycles. The zero-order valence-corrected chi connectivity index (χ0v) is 10.6. The second kappa shape index (κ2) is 5.66. The van der Waals surface area contributed by atoms with Crippen molar-refractivity contribution in [1.29, 1.82) is 0 Å². The van der Waals surface area contributed by atoms with Crippen molar-refractivity contribution in [2.24, 2.45) is 5.73 Å². The number of hydrogen-bond donors (Lipinski definition) is 2. The standard InChI is InChI=1S/C12H18FNOS/c1-7(14)11-6-10(13)4-5-12(11)16-9(3)8(2)15/h4-9,15H,14H2,1-3H3/t7-,8?,9?/m1/s1. The van der Waals surface area contributed by atoms with Gasteiger partial charge in [0.1, 0.15) is 5.82 Å². The van der Waals surface area contributed by atoms with E-state index in [1.165, 1.54) is 23.9 Å². The molecule has 0 fully saturated rings. The smallest absolute Gasteiger partial charge is 0.123 e. The third-order valence-corrected chi connectivity index (χ3v) is 3.85. The van der Waals surface area contributed by atoms with Gasteiger partial charge in [-0.1, -0.05) is 6.92 Å².